The predicted octanol–water partition coefficient (Wildman–Crippen LogP) is 16.4. The van der Waals surface area contributed by atoms with Gasteiger partial charge in [0.25, 0.3) is 0 Å². The third kappa shape index (κ3) is 5.03. The highest BCUT2D eigenvalue weighted by Gasteiger charge is 2.52. The highest BCUT2D eigenvalue weighted by atomic mass is 16.5. The minimum absolute atomic E-state index is 0.652. The number of hydrogen-bond acceptors (Lipinski definition) is 3. The second-order valence-corrected chi connectivity index (χ2v) is 17.4. The second-order valence-electron chi connectivity index (χ2n) is 17.4. The molecule has 0 atom stereocenters. The number of rotatable bonds is 7. The molecule has 0 N–H and O–H groups in total. The van der Waals surface area contributed by atoms with E-state index in [1.54, 1.807) is 0 Å². The van der Waals surface area contributed by atoms with Gasteiger partial charge < -0.3 is 14.1 Å². The first-order chi connectivity index (χ1) is 32.7. The molecule has 2 heterocycles. The van der Waals surface area contributed by atoms with Gasteiger partial charge in [-0.3, -0.25) is 0 Å². The Bertz CT molecular complexity index is 3580. The van der Waals surface area contributed by atoms with Crippen LogP contribution in [0.25, 0.3) is 38.6 Å². The Morgan fingerprint density at radius 2 is 1.06 bits per heavy atom. The molecule has 66 heavy (non-hydrogen) atoms. The van der Waals surface area contributed by atoms with Gasteiger partial charge in [-0.25, -0.2) is 0 Å². The number of furan rings is 1. The smallest absolute Gasteiger partial charge is 0.137 e. The number of allylic oxidation sites excluding steroid dienone is 5. The van der Waals surface area contributed by atoms with Crippen molar-refractivity contribution in [3.63, 3.8) is 0 Å². The third-order valence-corrected chi connectivity index (χ3v) is 14.3. The van der Waals surface area contributed by atoms with Crippen molar-refractivity contribution in [1.29, 1.82) is 0 Å². The molecule has 10 aromatic rings. The largest absolute Gasteiger partial charge is 0.457 e. The first kappa shape index (κ1) is 38.1. The number of para-hydroxylation sites is 2. The molecule has 0 saturated heterocycles. The fourth-order valence-electron chi connectivity index (χ4n) is 11.9. The van der Waals surface area contributed by atoms with Crippen molar-refractivity contribution in [2.75, 3.05) is 4.90 Å². The zero-order valence-corrected chi connectivity index (χ0v) is 36.4. The van der Waals surface area contributed by atoms with Gasteiger partial charge in [0.15, 0.2) is 0 Å². The van der Waals surface area contributed by atoms with Gasteiger partial charge in [0.05, 0.1) is 27.6 Å². The molecule has 0 amide bonds. The molecule has 1 aliphatic heterocycles. The van der Waals surface area contributed by atoms with E-state index in [4.69, 9.17) is 9.15 Å². The molecular formula is C63H43NO2. The zero-order valence-electron chi connectivity index (χ0n) is 36.4. The molecule has 312 valence electrons. The van der Waals surface area contributed by atoms with Crippen molar-refractivity contribution < 1.29 is 9.15 Å². The van der Waals surface area contributed by atoms with Gasteiger partial charge >= 0.3 is 0 Å². The Morgan fingerprint density at radius 1 is 0.485 bits per heavy atom. The summed E-state index contributed by atoms with van der Waals surface area (Å²) in [6.07, 6.45) is 6.51. The number of benzene rings is 9. The van der Waals surface area contributed by atoms with E-state index in [2.05, 4.69) is 237 Å². The molecule has 0 radical (unpaired) electrons. The lowest BCUT2D eigenvalue weighted by molar-refractivity contribution is 0.436. The number of ether oxygens (including phenoxy) is 1. The van der Waals surface area contributed by atoms with Crippen molar-refractivity contribution in [1.82, 2.24) is 0 Å². The number of fused-ring (bicyclic) bond motifs is 13. The Labute approximate surface area is 384 Å². The van der Waals surface area contributed by atoms with Crippen molar-refractivity contribution in [2.45, 2.75) is 17.8 Å². The van der Waals surface area contributed by atoms with E-state index in [1.165, 1.54) is 44.5 Å². The Balaban J connectivity index is 1.18. The fraction of sp³-hybridized carbons (Fsp3) is 0.0476. The van der Waals surface area contributed by atoms with E-state index >= 15 is 0 Å². The van der Waals surface area contributed by atoms with Crippen LogP contribution in [0.4, 0.5) is 17.1 Å². The van der Waals surface area contributed by atoms with E-state index in [0.717, 1.165) is 72.8 Å². The average molecular weight is 846 g/mol. The zero-order chi connectivity index (χ0) is 44.0. The van der Waals surface area contributed by atoms with Gasteiger partial charge in [-0.05, 0) is 106 Å². The maximum atomic E-state index is 6.99. The van der Waals surface area contributed by atoms with Gasteiger partial charge in [0.2, 0.25) is 0 Å². The van der Waals surface area contributed by atoms with Crippen LogP contribution in [0.1, 0.15) is 51.4 Å². The molecule has 1 spiro atoms. The van der Waals surface area contributed by atoms with Crippen LogP contribution in [0, 0.1) is 0 Å². The topological polar surface area (TPSA) is 25.6 Å². The first-order valence-corrected chi connectivity index (χ1v) is 22.7. The van der Waals surface area contributed by atoms with Crippen molar-refractivity contribution in [3.05, 3.63) is 287 Å². The Morgan fingerprint density at radius 3 is 1.77 bits per heavy atom. The minimum Gasteiger partial charge on any atom is -0.457 e. The maximum Gasteiger partial charge on any atom is 0.137 e. The van der Waals surface area contributed by atoms with E-state index in [9.17, 15) is 0 Å². The van der Waals surface area contributed by atoms with Crippen LogP contribution in [-0.4, -0.2) is 0 Å². The van der Waals surface area contributed by atoms with E-state index in [0.29, 0.717) is 0 Å². The van der Waals surface area contributed by atoms with Gasteiger partial charge in [0.1, 0.15) is 22.7 Å². The van der Waals surface area contributed by atoms with Gasteiger partial charge in [-0.15, -0.1) is 0 Å². The van der Waals surface area contributed by atoms with Gasteiger partial charge in [0, 0.05) is 27.8 Å². The van der Waals surface area contributed by atoms with Gasteiger partial charge in [-0.1, -0.05) is 189 Å². The number of hydrogen-bond donors (Lipinski definition) is 0. The predicted molar refractivity (Wildman–Crippen MR) is 270 cm³/mol. The van der Waals surface area contributed by atoms with E-state index in [-0.39, 0.29) is 0 Å². The summed E-state index contributed by atoms with van der Waals surface area (Å²) in [5, 5.41) is 2.10. The highest BCUT2D eigenvalue weighted by Crippen LogP contribution is 2.64. The summed E-state index contributed by atoms with van der Waals surface area (Å²) in [4.78, 5) is 2.49. The molecular weight excluding hydrogens is 803 g/mol. The number of nitrogens with zero attached hydrogens (tertiary/aromatic N) is 1. The molecule has 0 fully saturated rings. The van der Waals surface area contributed by atoms with E-state index in [1.807, 2.05) is 12.1 Å². The van der Waals surface area contributed by atoms with Crippen molar-refractivity contribution in [2.24, 2.45) is 0 Å². The molecule has 3 aliphatic rings. The lowest BCUT2D eigenvalue weighted by atomic mass is 9.65. The van der Waals surface area contributed by atoms with Gasteiger partial charge in [-0.2, -0.15) is 0 Å². The summed E-state index contributed by atoms with van der Waals surface area (Å²) in [5.41, 5.74) is 17.5. The maximum absolute atomic E-state index is 6.99. The van der Waals surface area contributed by atoms with Crippen LogP contribution in [0.2, 0.25) is 0 Å². The van der Waals surface area contributed by atoms with Crippen LogP contribution in [0.15, 0.2) is 247 Å². The summed E-state index contributed by atoms with van der Waals surface area (Å²) in [7, 11) is 0. The highest BCUT2D eigenvalue weighted by molar-refractivity contribution is 6.14. The quantitative estimate of drug-likeness (QED) is 0.160. The number of anilines is 3. The molecule has 3 nitrogen and oxygen atoms in total. The molecule has 2 aliphatic carbocycles. The standard InChI is InChI=1S/C63H43NO2/c1-3-21-49-44(4-2)47-29-19-34-55(61(47)62(49,41-22-7-5-8-23-41)42-24-9-6-10-25-42)64(54-33-20-37-59-60(54)48-28-13-17-35-56(48)65-59)43-38-39-58-53(40-43)63(52-32-16-18-36-57(52)66-58)50-30-14-11-26-45(50)46-27-12-15-31-51(46)63/h3-40H,2H2,1H3/b21-3-. The summed E-state index contributed by atoms with van der Waals surface area (Å²) < 4.78 is 13.7. The summed E-state index contributed by atoms with van der Waals surface area (Å²) >= 11 is 0. The molecule has 0 saturated carbocycles. The van der Waals surface area contributed by atoms with Crippen LogP contribution in [0.3, 0.4) is 0 Å². The van der Waals surface area contributed by atoms with E-state index < -0.39 is 10.8 Å². The summed E-state index contributed by atoms with van der Waals surface area (Å²) in [6, 6.07) is 76.9. The lowest BCUT2D eigenvalue weighted by Crippen LogP contribution is -2.33. The van der Waals surface area contributed by atoms with Crippen molar-refractivity contribution in [3.8, 4) is 22.6 Å². The molecule has 3 heteroatoms. The average Bonchev–Trinajstić information content (AvgIpc) is 4.01. The van der Waals surface area contributed by atoms with Crippen LogP contribution >= 0.6 is 0 Å². The first-order valence-electron chi connectivity index (χ1n) is 22.7. The second kappa shape index (κ2) is 14.6. The molecule has 0 unspecified atom stereocenters. The Kier molecular flexibility index (Phi) is 8.41. The Hall–Kier alpha value is -8.40. The SMILES string of the molecule is C=CC1=C(/C=C\C)C(c2ccccc2)(c2ccccc2)c2c1cccc2N(c1ccc2c(c1)C1(c3ccccc3O2)c2ccccc2-c2ccccc21)c1cccc2oc3ccccc3c12. The monoisotopic (exact) mass is 845 g/mol. The minimum atomic E-state index is -0.726. The summed E-state index contributed by atoms with van der Waals surface area (Å²) in [5.74, 6) is 1.70. The van der Waals surface area contributed by atoms with Crippen LogP contribution < -0.4 is 9.64 Å². The molecule has 9 aromatic carbocycles. The fourth-order valence-corrected chi connectivity index (χ4v) is 11.9. The third-order valence-electron chi connectivity index (χ3n) is 14.3. The van der Waals surface area contributed by atoms with Crippen LogP contribution in [0.5, 0.6) is 11.5 Å². The summed E-state index contributed by atoms with van der Waals surface area (Å²) in [6.45, 7) is 6.61. The molecule has 0 bridgehead atoms. The molecule has 1 aromatic heterocycles. The lowest BCUT2D eigenvalue weighted by Gasteiger charge is -2.41. The van der Waals surface area contributed by atoms with Crippen LogP contribution in [-0.2, 0) is 10.8 Å². The molecule has 13 rings (SSSR count). The van der Waals surface area contributed by atoms with Crippen molar-refractivity contribution >= 4 is 44.6 Å². The normalized spacial score (nSPS) is 14.7.